The minimum absolute atomic E-state index is 0.251. The van der Waals surface area contributed by atoms with Crippen LogP contribution in [0.5, 0.6) is 0 Å². The van der Waals surface area contributed by atoms with Crippen molar-refractivity contribution in [1.82, 2.24) is 0 Å². The standard InChI is InChI=1S/C25H23NO2/c27-25(28)16-7-5-15(6-8-16)23-22-18-10-9-17(13-18)21(22)20-12-11-14-3-1-2-4-19(14)24(20)26-23/h1-8,11-12,17-18,21-23,26H,9-10,13H2,(H,27,28)/t17-,18-,21+,22-,23-/m0/s1. The Morgan fingerprint density at radius 3 is 2.54 bits per heavy atom. The van der Waals surface area contributed by atoms with Crippen LogP contribution in [0.1, 0.15) is 52.7 Å². The van der Waals surface area contributed by atoms with Gasteiger partial charge in [0.25, 0.3) is 0 Å². The van der Waals surface area contributed by atoms with Crippen LogP contribution in [-0.4, -0.2) is 11.1 Å². The van der Waals surface area contributed by atoms with Crippen LogP contribution in [0, 0.1) is 17.8 Å². The molecule has 2 aliphatic carbocycles. The molecule has 5 atom stereocenters. The zero-order valence-corrected chi connectivity index (χ0v) is 15.6. The Hall–Kier alpha value is -2.81. The number of benzene rings is 3. The van der Waals surface area contributed by atoms with E-state index in [1.165, 1.54) is 46.8 Å². The van der Waals surface area contributed by atoms with Crippen molar-refractivity contribution in [1.29, 1.82) is 0 Å². The van der Waals surface area contributed by atoms with Gasteiger partial charge in [-0.3, -0.25) is 0 Å². The van der Waals surface area contributed by atoms with Crippen LogP contribution in [0.15, 0.2) is 60.7 Å². The molecule has 3 nitrogen and oxygen atoms in total. The Morgan fingerprint density at radius 2 is 1.71 bits per heavy atom. The maximum absolute atomic E-state index is 11.3. The van der Waals surface area contributed by atoms with Crippen LogP contribution in [-0.2, 0) is 0 Å². The van der Waals surface area contributed by atoms with Gasteiger partial charge in [-0.2, -0.15) is 0 Å². The average molecular weight is 369 g/mol. The lowest BCUT2D eigenvalue weighted by molar-refractivity contribution is 0.0697. The van der Waals surface area contributed by atoms with Crippen molar-refractivity contribution in [3.63, 3.8) is 0 Å². The molecular formula is C25H23NO2. The summed E-state index contributed by atoms with van der Waals surface area (Å²) in [6.45, 7) is 0. The third-order valence-corrected chi connectivity index (χ3v) is 7.50. The van der Waals surface area contributed by atoms with E-state index in [9.17, 15) is 9.90 Å². The van der Waals surface area contributed by atoms with Crippen molar-refractivity contribution < 1.29 is 9.90 Å². The second-order valence-electron chi connectivity index (χ2n) is 8.74. The first-order chi connectivity index (χ1) is 13.7. The first-order valence-electron chi connectivity index (χ1n) is 10.3. The van der Waals surface area contributed by atoms with Gasteiger partial charge >= 0.3 is 5.97 Å². The molecule has 3 aromatic rings. The molecule has 28 heavy (non-hydrogen) atoms. The Balaban J connectivity index is 1.51. The van der Waals surface area contributed by atoms with Crippen LogP contribution >= 0.6 is 0 Å². The summed E-state index contributed by atoms with van der Waals surface area (Å²) in [6.07, 6.45) is 4.02. The van der Waals surface area contributed by atoms with Crippen molar-refractivity contribution in [3.8, 4) is 0 Å². The average Bonchev–Trinajstić information content (AvgIpc) is 3.35. The van der Waals surface area contributed by atoms with Gasteiger partial charge in [0.1, 0.15) is 0 Å². The summed E-state index contributed by atoms with van der Waals surface area (Å²) in [6, 6.07) is 21.0. The summed E-state index contributed by atoms with van der Waals surface area (Å²) in [7, 11) is 0. The minimum atomic E-state index is -0.864. The highest BCUT2D eigenvalue weighted by Gasteiger charge is 2.53. The van der Waals surface area contributed by atoms with Crippen molar-refractivity contribution in [2.45, 2.75) is 31.2 Å². The molecule has 2 bridgehead atoms. The Labute approximate surface area is 164 Å². The number of hydrogen-bond donors (Lipinski definition) is 2. The largest absolute Gasteiger partial charge is 0.478 e. The van der Waals surface area contributed by atoms with E-state index >= 15 is 0 Å². The molecule has 0 spiro atoms. The second kappa shape index (κ2) is 5.84. The Bertz CT molecular complexity index is 1090. The molecule has 140 valence electrons. The maximum Gasteiger partial charge on any atom is 0.335 e. The van der Waals surface area contributed by atoms with Gasteiger partial charge in [0.05, 0.1) is 11.6 Å². The molecule has 3 heteroatoms. The normalized spacial score (nSPS) is 29.9. The Kier molecular flexibility index (Phi) is 3.37. The van der Waals surface area contributed by atoms with E-state index in [-0.39, 0.29) is 6.04 Å². The van der Waals surface area contributed by atoms with E-state index in [0.29, 0.717) is 17.4 Å². The molecule has 3 aromatic carbocycles. The van der Waals surface area contributed by atoms with E-state index in [1.807, 2.05) is 12.1 Å². The lowest BCUT2D eigenvalue weighted by atomic mass is 9.67. The molecule has 6 rings (SSSR count). The fourth-order valence-electron chi connectivity index (χ4n) is 6.39. The molecule has 2 N–H and O–H groups in total. The lowest BCUT2D eigenvalue weighted by Gasteiger charge is -2.44. The zero-order chi connectivity index (χ0) is 18.8. The van der Waals surface area contributed by atoms with Crippen molar-refractivity contribution in [2.75, 3.05) is 5.32 Å². The minimum Gasteiger partial charge on any atom is -0.478 e. The van der Waals surface area contributed by atoms with Gasteiger partial charge in [0.15, 0.2) is 0 Å². The van der Waals surface area contributed by atoms with E-state index < -0.39 is 5.97 Å². The summed E-state index contributed by atoms with van der Waals surface area (Å²) < 4.78 is 0. The van der Waals surface area contributed by atoms with E-state index in [2.05, 4.69) is 41.7 Å². The number of nitrogens with one attached hydrogen (secondary N) is 1. The molecule has 0 aromatic heterocycles. The molecular weight excluding hydrogens is 346 g/mol. The second-order valence-corrected chi connectivity index (χ2v) is 8.74. The number of hydrogen-bond acceptors (Lipinski definition) is 2. The molecule has 0 radical (unpaired) electrons. The maximum atomic E-state index is 11.3. The Morgan fingerprint density at radius 1 is 0.929 bits per heavy atom. The topological polar surface area (TPSA) is 49.3 Å². The fraction of sp³-hybridized carbons (Fsp3) is 0.320. The SMILES string of the molecule is O=C(O)c1ccc([C@@H]2Nc3c(ccc4ccccc34)[C@H]3[C@H]4CC[C@@H](C4)[C@@H]32)cc1. The third-order valence-electron chi connectivity index (χ3n) is 7.50. The summed E-state index contributed by atoms with van der Waals surface area (Å²) in [5, 5.41) is 15.7. The number of rotatable bonds is 2. The first-order valence-corrected chi connectivity index (χ1v) is 10.3. The third kappa shape index (κ3) is 2.19. The molecule has 1 heterocycles. The van der Waals surface area contributed by atoms with Crippen LogP contribution in [0.2, 0.25) is 0 Å². The van der Waals surface area contributed by atoms with Crippen LogP contribution in [0.25, 0.3) is 10.8 Å². The van der Waals surface area contributed by atoms with Gasteiger partial charge in [-0.15, -0.1) is 0 Å². The van der Waals surface area contributed by atoms with Gasteiger partial charge in [0, 0.05) is 11.1 Å². The highest BCUT2D eigenvalue weighted by atomic mass is 16.4. The summed E-state index contributed by atoms with van der Waals surface area (Å²) in [5.74, 6) is 1.91. The van der Waals surface area contributed by atoms with Crippen molar-refractivity contribution >= 4 is 22.4 Å². The number of anilines is 1. The molecule has 0 saturated heterocycles. The molecule has 3 aliphatic rings. The number of fused-ring (bicyclic) bond motifs is 9. The van der Waals surface area contributed by atoms with Gasteiger partial charge in [-0.05, 0) is 71.6 Å². The molecule has 0 unspecified atom stereocenters. The first kappa shape index (κ1) is 16.2. The van der Waals surface area contributed by atoms with Crippen LogP contribution in [0.3, 0.4) is 0 Å². The van der Waals surface area contributed by atoms with Gasteiger partial charge in [-0.1, -0.05) is 48.5 Å². The number of carbonyl (C=O) groups is 1. The van der Waals surface area contributed by atoms with Crippen molar-refractivity contribution in [2.24, 2.45) is 17.8 Å². The highest BCUT2D eigenvalue weighted by Crippen LogP contribution is 2.64. The predicted molar refractivity (Wildman–Crippen MR) is 111 cm³/mol. The van der Waals surface area contributed by atoms with E-state index in [0.717, 1.165) is 11.8 Å². The summed E-state index contributed by atoms with van der Waals surface area (Å²) in [4.78, 5) is 11.3. The van der Waals surface area contributed by atoms with Gasteiger partial charge < -0.3 is 10.4 Å². The van der Waals surface area contributed by atoms with E-state index in [1.54, 1.807) is 12.1 Å². The lowest BCUT2D eigenvalue weighted by Crippen LogP contribution is -2.35. The highest BCUT2D eigenvalue weighted by molar-refractivity contribution is 5.96. The molecule has 0 amide bonds. The van der Waals surface area contributed by atoms with Gasteiger partial charge in [-0.25, -0.2) is 4.79 Å². The predicted octanol–water partition coefficient (Wildman–Crippen LogP) is 5.83. The van der Waals surface area contributed by atoms with E-state index in [4.69, 9.17) is 0 Å². The molecule has 2 fully saturated rings. The van der Waals surface area contributed by atoms with Crippen LogP contribution in [0.4, 0.5) is 5.69 Å². The summed E-state index contributed by atoms with van der Waals surface area (Å²) >= 11 is 0. The number of carboxylic acid groups (broad SMARTS) is 1. The van der Waals surface area contributed by atoms with Crippen molar-refractivity contribution in [3.05, 3.63) is 77.4 Å². The van der Waals surface area contributed by atoms with Crippen LogP contribution < -0.4 is 5.32 Å². The quantitative estimate of drug-likeness (QED) is 0.597. The smallest absolute Gasteiger partial charge is 0.335 e. The molecule has 1 aliphatic heterocycles. The van der Waals surface area contributed by atoms with Gasteiger partial charge in [0.2, 0.25) is 0 Å². The monoisotopic (exact) mass is 369 g/mol. The summed E-state index contributed by atoms with van der Waals surface area (Å²) in [5.41, 5.74) is 4.36. The number of aromatic carboxylic acids is 1. The fourth-order valence-corrected chi connectivity index (χ4v) is 6.39. The zero-order valence-electron chi connectivity index (χ0n) is 15.6. The number of carboxylic acids is 1. The molecule has 2 saturated carbocycles.